The molecule has 9 heteroatoms. The topological polar surface area (TPSA) is 101 Å². The van der Waals surface area contributed by atoms with E-state index in [9.17, 15) is 16.8 Å². The molecule has 28 heavy (non-hydrogen) atoms. The van der Waals surface area contributed by atoms with Crippen LogP contribution >= 0.6 is 0 Å². The second kappa shape index (κ2) is 8.79. The van der Waals surface area contributed by atoms with Crippen LogP contribution in [0.25, 0.3) is 0 Å². The van der Waals surface area contributed by atoms with E-state index in [1.54, 1.807) is 0 Å². The summed E-state index contributed by atoms with van der Waals surface area (Å²) in [6.07, 6.45) is 5.60. The van der Waals surface area contributed by atoms with Crippen LogP contribution in [-0.4, -0.2) is 58.8 Å². The summed E-state index contributed by atoms with van der Waals surface area (Å²) in [4.78, 5) is 2.55. The van der Waals surface area contributed by atoms with Gasteiger partial charge in [0, 0.05) is 19.6 Å². The lowest BCUT2D eigenvalue weighted by atomic mass is 9.94. The van der Waals surface area contributed by atoms with E-state index < -0.39 is 20.0 Å². The lowest BCUT2D eigenvalue weighted by molar-refractivity contribution is 0.213. The van der Waals surface area contributed by atoms with Crippen LogP contribution in [0, 0.1) is 11.8 Å². The number of hydrogen-bond acceptors (Lipinski definition) is 5. The van der Waals surface area contributed by atoms with Crippen LogP contribution in [0.15, 0.2) is 34.1 Å². The van der Waals surface area contributed by atoms with Gasteiger partial charge in [-0.2, -0.15) is 4.31 Å². The molecule has 7 nitrogen and oxygen atoms in total. The zero-order valence-corrected chi connectivity index (χ0v) is 18.1. The fourth-order valence-corrected chi connectivity index (χ4v) is 5.78. The van der Waals surface area contributed by atoms with Gasteiger partial charge in [-0.05, 0) is 81.3 Å². The Kier molecular flexibility index (Phi) is 6.81. The molecule has 0 radical (unpaired) electrons. The van der Waals surface area contributed by atoms with Crippen molar-refractivity contribution in [2.75, 3.05) is 32.7 Å². The van der Waals surface area contributed by atoms with Gasteiger partial charge in [0.2, 0.25) is 20.0 Å². The van der Waals surface area contributed by atoms with E-state index in [0.29, 0.717) is 19.0 Å². The smallest absolute Gasteiger partial charge is 0.243 e. The Bertz CT molecular complexity index is 857. The highest BCUT2D eigenvalue weighted by Gasteiger charge is 2.30. The van der Waals surface area contributed by atoms with Gasteiger partial charge in [-0.1, -0.05) is 6.92 Å². The lowest BCUT2D eigenvalue weighted by Gasteiger charge is -2.32. The molecule has 0 unspecified atom stereocenters. The number of sulfonamides is 2. The van der Waals surface area contributed by atoms with Crippen LogP contribution in [0.3, 0.4) is 0 Å². The molecule has 3 rings (SSSR count). The summed E-state index contributed by atoms with van der Waals surface area (Å²) in [5.74, 6) is 1.46. The zero-order valence-electron chi connectivity index (χ0n) is 16.5. The number of rotatable bonds is 9. The molecule has 2 fully saturated rings. The van der Waals surface area contributed by atoms with E-state index in [1.807, 2.05) is 0 Å². The average molecular weight is 430 g/mol. The average Bonchev–Trinajstić information content (AvgIpc) is 3.49. The molecule has 0 amide bonds. The molecule has 1 aromatic rings. The number of primary sulfonamides is 1. The molecule has 1 saturated heterocycles. The van der Waals surface area contributed by atoms with Gasteiger partial charge in [-0.15, -0.1) is 0 Å². The first-order valence-corrected chi connectivity index (χ1v) is 13.0. The molecule has 2 N–H and O–H groups in total. The highest BCUT2D eigenvalue weighted by atomic mass is 32.2. The third kappa shape index (κ3) is 5.54. The van der Waals surface area contributed by atoms with Crippen molar-refractivity contribution in [1.82, 2.24) is 9.21 Å². The molecular formula is C19H31N3O4S2. The summed E-state index contributed by atoms with van der Waals surface area (Å²) in [6.45, 7) is 6.62. The Morgan fingerprint density at radius 1 is 0.964 bits per heavy atom. The summed E-state index contributed by atoms with van der Waals surface area (Å²) in [5, 5.41) is 5.07. The Labute approximate surface area is 169 Å². The van der Waals surface area contributed by atoms with Gasteiger partial charge >= 0.3 is 0 Å². The number of piperidine rings is 1. The van der Waals surface area contributed by atoms with Gasteiger partial charge in [0.25, 0.3) is 0 Å². The van der Waals surface area contributed by atoms with Crippen LogP contribution in [-0.2, 0) is 20.0 Å². The van der Waals surface area contributed by atoms with Crippen molar-refractivity contribution in [2.24, 2.45) is 17.0 Å². The van der Waals surface area contributed by atoms with E-state index in [2.05, 4.69) is 11.8 Å². The van der Waals surface area contributed by atoms with Gasteiger partial charge < -0.3 is 4.90 Å². The highest BCUT2D eigenvalue weighted by molar-refractivity contribution is 7.89. The van der Waals surface area contributed by atoms with Crippen molar-refractivity contribution >= 4 is 20.0 Å². The van der Waals surface area contributed by atoms with Crippen LogP contribution < -0.4 is 5.14 Å². The van der Waals surface area contributed by atoms with Gasteiger partial charge in [-0.25, -0.2) is 22.0 Å². The summed E-state index contributed by atoms with van der Waals surface area (Å²) in [5.41, 5.74) is 0. The molecule has 0 aromatic heterocycles. The maximum Gasteiger partial charge on any atom is 0.243 e. The monoisotopic (exact) mass is 429 g/mol. The summed E-state index contributed by atoms with van der Waals surface area (Å²) in [6, 6.07) is 5.12. The fourth-order valence-electron chi connectivity index (χ4n) is 3.80. The third-order valence-corrected chi connectivity index (χ3v) is 8.72. The Morgan fingerprint density at radius 2 is 1.54 bits per heavy atom. The molecule has 0 spiro atoms. The summed E-state index contributed by atoms with van der Waals surface area (Å²) >= 11 is 0. The first-order chi connectivity index (χ1) is 13.2. The Balaban J connectivity index is 1.53. The second-order valence-electron chi connectivity index (χ2n) is 7.99. The van der Waals surface area contributed by atoms with Gasteiger partial charge in [-0.3, -0.25) is 0 Å². The van der Waals surface area contributed by atoms with Gasteiger partial charge in [0.15, 0.2) is 0 Å². The maximum atomic E-state index is 12.8. The van der Waals surface area contributed by atoms with Crippen molar-refractivity contribution in [3.63, 3.8) is 0 Å². The van der Waals surface area contributed by atoms with Gasteiger partial charge in [0.1, 0.15) is 0 Å². The quantitative estimate of drug-likeness (QED) is 0.646. The zero-order chi connectivity index (χ0) is 20.4. The van der Waals surface area contributed by atoms with E-state index >= 15 is 0 Å². The van der Waals surface area contributed by atoms with Crippen molar-refractivity contribution in [3.05, 3.63) is 24.3 Å². The normalized spacial score (nSPS) is 20.0. The molecule has 1 aliphatic carbocycles. The van der Waals surface area contributed by atoms with E-state index in [0.717, 1.165) is 38.3 Å². The summed E-state index contributed by atoms with van der Waals surface area (Å²) in [7, 11) is -7.43. The van der Waals surface area contributed by atoms with E-state index in [1.165, 1.54) is 48.0 Å². The number of nitrogens with zero attached hydrogens (tertiary/aromatic N) is 2. The number of hydrogen-bond donors (Lipinski definition) is 1. The van der Waals surface area contributed by atoms with Crippen LogP contribution in [0.1, 0.15) is 39.0 Å². The van der Waals surface area contributed by atoms with Crippen molar-refractivity contribution in [1.29, 1.82) is 0 Å². The van der Waals surface area contributed by atoms with Crippen molar-refractivity contribution < 1.29 is 16.8 Å². The first kappa shape index (κ1) is 21.7. The molecule has 2 aliphatic rings. The molecule has 1 heterocycles. The standard InChI is InChI=1S/C19H31N3O4S2/c1-2-21(15-17-3-4-17)12-9-16-10-13-22(14-11-16)28(25,26)19-7-5-18(6-8-19)27(20,23)24/h5-8,16-17H,2-4,9-15H2,1H3,(H2,20,23,24). The summed E-state index contributed by atoms with van der Waals surface area (Å²) < 4.78 is 49.9. The molecular weight excluding hydrogens is 398 g/mol. The highest BCUT2D eigenvalue weighted by Crippen LogP contribution is 2.30. The maximum absolute atomic E-state index is 12.8. The minimum absolute atomic E-state index is 0.0863. The fraction of sp³-hybridized carbons (Fsp3) is 0.684. The van der Waals surface area contributed by atoms with Gasteiger partial charge in [0.05, 0.1) is 9.79 Å². The molecule has 1 aliphatic heterocycles. The van der Waals surface area contributed by atoms with Crippen LogP contribution in [0.4, 0.5) is 0 Å². The Morgan fingerprint density at radius 3 is 2.04 bits per heavy atom. The first-order valence-electron chi connectivity index (χ1n) is 10.1. The van der Waals surface area contributed by atoms with Crippen LogP contribution in [0.5, 0.6) is 0 Å². The lowest BCUT2D eigenvalue weighted by Crippen LogP contribution is -2.39. The number of nitrogens with two attached hydrogens (primary N) is 1. The third-order valence-electron chi connectivity index (χ3n) is 5.88. The van der Waals surface area contributed by atoms with Crippen molar-refractivity contribution in [2.45, 2.75) is 48.8 Å². The predicted octanol–water partition coefficient (Wildman–Crippen LogP) is 1.86. The molecule has 0 atom stereocenters. The molecule has 1 aromatic carbocycles. The largest absolute Gasteiger partial charge is 0.303 e. The predicted molar refractivity (Wildman–Crippen MR) is 109 cm³/mol. The molecule has 0 bridgehead atoms. The van der Waals surface area contributed by atoms with E-state index in [-0.39, 0.29) is 9.79 Å². The Hall–Kier alpha value is -1.00. The minimum atomic E-state index is -3.83. The van der Waals surface area contributed by atoms with Crippen molar-refractivity contribution in [3.8, 4) is 0 Å². The second-order valence-corrected chi connectivity index (χ2v) is 11.5. The SMILES string of the molecule is CCN(CCC1CCN(S(=O)(=O)c2ccc(S(N)(=O)=O)cc2)CC1)CC1CC1. The number of benzene rings is 1. The minimum Gasteiger partial charge on any atom is -0.303 e. The van der Waals surface area contributed by atoms with E-state index in [4.69, 9.17) is 5.14 Å². The molecule has 1 saturated carbocycles. The molecule has 158 valence electrons. The van der Waals surface area contributed by atoms with Crippen LogP contribution in [0.2, 0.25) is 0 Å².